The molecule has 1 atom stereocenters. The number of anilines is 1. The van der Waals surface area contributed by atoms with Gasteiger partial charge in [-0.1, -0.05) is 48.5 Å². The Bertz CT molecular complexity index is 1300. The van der Waals surface area contributed by atoms with E-state index >= 15 is 0 Å². The first-order valence-corrected chi connectivity index (χ1v) is 12.5. The number of amides is 3. The van der Waals surface area contributed by atoms with E-state index in [4.69, 9.17) is 5.73 Å². The van der Waals surface area contributed by atoms with Crippen LogP contribution in [0.4, 0.5) is 5.82 Å². The molecule has 3 aromatic rings. The topological polar surface area (TPSA) is 117 Å². The van der Waals surface area contributed by atoms with Gasteiger partial charge in [0.1, 0.15) is 11.9 Å². The predicted molar refractivity (Wildman–Crippen MR) is 144 cm³/mol. The molecule has 1 aliphatic heterocycles. The van der Waals surface area contributed by atoms with Crippen molar-refractivity contribution in [3.05, 3.63) is 83.6 Å². The van der Waals surface area contributed by atoms with Gasteiger partial charge in [-0.3, -0.25) is 19.3 Å². The highest BCUT2D eigenvalue weighted by Crippen LogP contribution is 2.28. The van der Waals surface area contributed by atoms with Crippen molar-refractivity contribution in [2.45, 2.75) is 51.7 Å². The maximum atomic E-state index is 13.6. The second-order valence-corrected chi connectivity index (χ2v) is 9.80. The summed E-state index contributed by atoms with van der Waals surface area (Å²) in [6.07, 6.45) is 2.74. The first-order valence-electron chi connectivity index (χ1n) is 12.5. The molecule has 0 aliphatic carbocycles. The van der Waals surface area contributed by atoms with Crippen molar-refractivity contribution in [2.75, 3.05) is 11.4 Å². The summed E-state index contributed by atoms with van der Waals surface area (Å²) in [5, 5.41) is 5.69. The number of benzene rings is 2. The van der Waals surface area contributed by atoms with Gasteiger partial charge in [0.15, 0.2) is 0 Å². The van der Waals surface area contributed by atoms with E-state index in [1.54, 1.807) is 24.9 Å². The van der Waals surface area contributed by atoms with E-state index in [0.29, 0.717) is 37.3 Å². The van der Waals surface area contributed by atoms with E-state index in [0.717, 1.165) is 22.3 Å². The third kappa shape index (κ3) is 5.86. The fourth-order valence-corrected chi connectivity index (χ4v) is 4.38. The van der Waals surface area contributed by atoms with Crippen molar-refractivity contribution in [3.8, 4) is 11.1 Å². The molecule has 0 saturated carbocycles. The maximum absolute atomic E-state index is 13.6. The predicted octanol–water partition coefficient (Wildman–Crippen LogP) is 3.20. The molecule has 1 aromatic heterocycles. The Kier molecular flexibility index (Phi) is 7.69. The first-order chi connectivity index (χ1) is 17.7. The summed E-state index contributed by atoms with van der Waals surface area (Å²) in [4.78, 5) is 44.9. The van der Waals surface area contributed by atoms with Gasteiger partial charge in [-0.05, 0) is 68.0 Å². The number of fused-ring (bicyclic) bond motifs is 1. The first kappa shape index (κ1) is 26.0. The van der Waals surface area contributed by atoms with Gasteiger partial charge in [0.05, 0.1) is 12.1 Å². The highest BCUT2D eigenvalue weighted by molar-refractivity contribution is 6.01. The molecule has 0 fully saturated rings. The number of aryl methyl sites for hydroxylation is 1. The van der Waals surface area contributed by atoms with Crippen LogP contribution in [0.1, 0.15) is 48.7 Å². The summed E-state index contributed by atoms with van der Waals surface area (Å²) in [7, 11) is 0. The third-order valence-corrected chi connectivity index (χ3v) is 6.39. The molecule has 0 saturated heterocycles. The van der Waals surface area contributed by atoms with E-state index in [-0.39, 0.29) is 17.7 Å². The number of carbonyl (C=O) groups excluding carboxylic acids is 3. The molecule has 8 heteroatoms. The normalized spacial score (nSPS) is 15.5. The average molecular weight is 500 g/mol. The fraction of sp³-hybridized carbons (Fsp3) is 0.310. The average Bonchev–Trinajstić information content (AvgIpc) is 3.01. The molecule has 0 unspecified atom stereocenters. The largest absolute Gasteiger partial charge is 0.352 e. The Morgan fingerprint density at radius 2 is 1.81 bits per heavy atom. The molecule has 0 spiro atoms. The lowest BCUT2D eigenvalue weighted by Gasteiger charge is -2.27. The Hall–Kier alpha value is -4.04. The minimum Gasteiger partial charge on any atom is -0.352 e. The summed E-state index contributed by atoms with van der Waals surface area (Å²) in [5.74, 6) is -0.115. The van der Waals surface area contributed by atoms with Crippen molar-refractivity contribution < 1.29 is 14.4 Å². The van der Waals surface area contributed by atoms with Crippen LogP contribution in [0.25, 0.3) is 11.1 Å². The molecule has 37 heavy (non-hydrogen) atoms. The van der Waals surface area contributed by atoms with Gasteiger partial charge in [-0.25, -0.2) is 4.98 Å². The quantitative estimate of drug-likeness (QED) is 0.462. The van der Waals surface area contributed by atoms with E-state index in [1.807, 2.05) is 67.6 Å². The molecule has 0 radical (unpaired) electrons. The maximum Gasteiger partial charge on any atom is 0.251 e. The number of nitrogens with zero attached hydrogens (tertiary/aromatic N) is 2. The molecular weight excluding hydrogens is 466 g/mol. The van der Waals surface area contributed by atoms with Gasteiger partial charge in [0.2, 0.25) is 5.91 Å². The highest BCUT2D eigenvalue weighted by atomic mass is 16.2. The summed E-state index contributed by atoms with van der Waals surface area (Å²) in [5.41, 5.74) is 9.06. The Morgan fingerprint density at radius 3 is 2.51 bits per heavy atom. The minimum atomic E-state index is -1.09. The summed E-state index contributed by atoms with van der Waals surface area (Å²) in [6.45, 7) is 5.96. The van der Waals surface area contributed by atoms with E-state index in [2.05, 4.69) is 15.6 Å². The summed E-state index contributed by atoms with van der Waals surface area (Å²) < 4.78 is 0. The van der Waals surface area contributed by atoms with Crippen LogP contribution in [0.2, 0.25) is 0 Å². The second kappa shape index (κ2) is 10.9. The fourth-order valence-electron chi connectivity index (χ4n) is 4.38. The molecule has 4 N–H and O–H groups in total. The number of rotatable bonds is 7. The molecule has 8 nitrogen and oxygen atoms in total. The number of nitrogens with one attached hydrogen (secondary N) is 2. The lowest BCUT2D eigenvalue weighted by molar-refractivity contribution is -0.130. The van der Waals surface area contributed by atoms with Gasteiger partial charge >= 0.3 is 0 Å². The van der Waals surface area contributed by atoms with Crippen LogP contribution < -0.4 is 21.3 Å². The zero-order valence-corrected chi connectivity index (χ0v) is 21.5. The zero-order chi connectivity index (χ0) is 26.6. The minimum absolute atomic E-state index is 0.117. The summed E-state index contributed by atoms with van der Waals surface area (Å²) >= 11 is 0. The SMILES string of the molecule is CCNC(=O)c1ccccc1-c1ccc(CN2C(=O)[C@H](NC(=O)C(C)(C)N)CCc3cccnc32)cc1. The second-order valence-electron chi connectivity index (χ2n) is 9.80. The van der Waals surface area contributed by atoms with Crippen molar-refractivity contribution in [1.29, 1.82) is 0 Å². The number of hydrogen-bond donors (Lipinski definition) is 3. The standard InChI is InChI=1S/C29H33N5O3/c1-4-31-26(35)23-10-6-5-9-22(23)20-13-11-19(12-14-20)18-34-25-21(8-7-17-32-25)15-16-24(27(34)36)33-28(37)29(2,3)30/h5-14,17,24H,4,15-16,18,30H2,1-3H3,(H,31,35)(H,33,37)/t24-/m1/s1. The van der Waals surface area contributed by atoms with Crippen LogP contribution in [0.3, 0.4) is 0 Å². The number of hydrogen-bond acceptors (Lipinski definition) is 5. The highest BCUT2D eigenvalue weighted by Gasteiger charge is 2.34. The van der Waals surface area contributed by atoms with Gasteiger partial charge in [-0.2, -0.15) is 0 Å². The third-order valence-electron chi connectivity index (χ3n) is 6.39. The zero-order valence-electron chi connectivity index (χ0n) is 21.5. The van der Waals surface area contributed by atoms with E-state index < -0.39 is 11.6 Å². The monoisotopic (exact) mass is 499 g/mol. The van der Waals surface area contributed by atoms with Crippen LogP contribution in [-0.2, 0) is 22.6 Å². The van der Waals surface area contributed by atoms with Crippen molar-refractivity contribution >= 4 is 23.5 Å². The summed E-state index contributed by atoms with van der Waals surface area (Å²) in [6, 6.07) is 18.4. The van der Waals surface area contributed by atoms with Crippen molar-refractivity contribution in [2.24, 2.45) is 5.73 Å². The Balaban J connectivity index is 1.61. The van der Waals surface area contributed by atoms with Crippen molar-refractivity contribution in [3.63, 3.8) is 0 Å². The van der Waals surface area contributed by atoms with Crippen molar-refractivity contribution in [1.82, 2.24) is 15.6 Å². The lowest BCUT2D eigenvalue weighted by Crippen LogP contribution is -2.56. The number of carbonyl (C=O) groups is 3. The van der Waals surface area contributed by atoms with Gasteiger partial charge in [0, 0.05) is 18.3 Å². The number of nitrogens with two attached hydrogens (primary N) is 1. The molecule has 2 heterocycles. The van der Waals surface area contributed by atoms with Crippen LogP contribution in [0.15, 0.2) is 66.9 Å². The molecule has 1 aliphatic rings. The van der Waals surface area contributed by atoms with Crippen LogP contribution in [0, 0.1) is 0 Å². The smallest absolute Gasteiger partial charge is 0.251 e. The molecular formula is C29H33N5O3. The molecule has 4 rings (SSSR count). The van der Waals surface area contributed by atoms with Gasteiger partial charge in [-0.15, -0.1) is 0 Å². The molecule has 0 bridgehead atoms. The van der Waals surface area contributed by atoms with Gasteiger partial charge in [0.25, 0.3) is 11.8 Å². The Labute approximate surface area is 217 Å². The molecule has 192 valence electrons. The van der Waals surface area contributed by atoms with Crippen LogP contribution in [-0.4, -0.2) is 40.8 Å². The molecule has 3 amide bonds. The van der Waals surface area contributed by atoms with Gasteiger partial charge < -0.3 is 16.4 Å². The number of pyridine rings is 1. The van der Waals surface area contributed by atoms with E-state index in [9.17, 15) is 14.4 Å². The Morgan fingerprint density at radius 1 is 1.08 bits per heavy atom. The van der Waals surface area contributed by atoms with E-state index in [1.165, 1.54) is 0 Å². The van der Waals surface area contributed by atoms with Crippen LogP contribution >= 0.6 is 0 Å². The number of aromatic nitrogens is 1. The molecule has 2 aromatic carbocycles. The lowest BCUT2D eigenvalue weighted by atomic mass is 9.98. The van der Waals surface area contributed by atoms with Crippen LogP contribution in [0.5, 0.6) is 0 Å².